The highest BCUT2D eigenvalue weighted by Gasteiger charge is 2.27. The number of anilines is 3. The first-order valence-electron chi connectivity index (χ1n) is 19.4. The van der Waals surface area contributed by atoms with Crippen molar-refractivity contribution in [2.75, 3.05) is 4.90 Å². The van der Waals surface area contributed by atoms with E-state index >= 15 is 0 Å². The molecule has 0 bridgehead atoms. The van der Waals surface area contributed by atoms with Crippen molar-refractivity contribution in [2.24, 2.45) is 0 Å². The maximum atomic E-state index is 5.39. The molecule has 4 heteroatoms. The van der Waals surface area contributed by atoms with Crippen LogP contribution in [-0.2, 0) is 6.42 Å². The molecule has 0 atom stereocenters. The van der Waals surface area contributed by atoms with Crippen LogP contribution in [0, 0.1) is 0 Å². The zero-order chi connectivity index (χ0) is 37.7. The van der Waals surface area contributed by atoms with Crippen molar-refractivity contribution in [2.45, 2.75) is 6.42 Å². The van der Waals surface area contributed by atoms with Crippen molar-refractivity contribution in [1.29, 1.82) is 0 Å². The molecular formula is C53H35N3S. The summed E-state index contributed by atoms with van der Waals surface area (Å²) in [4.78, 5) is 13.1. The van der Waals surface area contributed by atoms with E-state index in [4.69, 9.17) is 9.97 Å². The largest absolute Gasteiger partial charge is 0.310 e. The van der Waals surface area contributed by atoms with Gasteiger partial charge in [0.25, 0.3) is 0 Å². The SMILES string of the molecule is c1ccc(-c2ccc(N(c3ccccc3)c3cccc4c3-c3ccc(-c5nc(-c6cccc(-c7ccccc7)c6)nc6c5sc5ccccc56)cc3C4)cc2)cc1. The van der Waals surface area contributed by atoms with Crippen LogP contribution in [0.4, 0.5) is 17.1 Å². The van der Waals surface area contributed by atoms with Crippen molar-refractivity contribution in [3.05, 3.63) is 211 Å². The highest BCUT2D eigenvalue weighted by Crippen LogP contribution is 2.49. The van der Waals surface area contributed by atoms with Gasteiger partial charge in [-0.1, -0.05) is 152 Å². The van der Waals surface area contributed by atoms with E-state index in [-0.39, 0.29) is 0 Å². The molecule has 2 aromatic heterocycles. The Labute approximate surface area is 335 Å². The van der Waals surface area contributed by atoms with Crippen molar-refractivity contribution in [3.8, 4) is 56.0 Å². The van der Waals surface area contributed by atoms with Gasteiger partial charge in [0.2, 0.25) is 0 Å². The minimum absolute atomic E-state index is 0.738. The molecule has 11 rings (SSSR count). The molecule has 0 saturated carbocycles. The molecule has 2 heterocycles. The number of fused-ring (bicyclic) bond motifs is 6. The minimum Gasteiger partial charge on any atom is -0.310 e. The second-order valence-corrected chi connectivity index (χ2v) is 15.6. The summed E-state index contributed by atoms with van der Waals surface area (Å²) in [5.74, 6) is 0.738. The number of nitrogens with zero attached hydrogens (tertiary/aromatic N) is 3. The highest BCUT2D eigenvalue weighted by atomic mass is 32.1. The Hall–Kier alpha value is -7.14. The molecule has 0 unspecified atom stereocenters. The zero-order valence-corrected chi connectivity index (χ0v) is 31.8. The van der Waals surface area contributed by atoms with E-state index in [9.17, 15) is 0 Å². The molecule has 0 amide bonds. The van der Waals surface area contributed by atoms with Gasteiger partial charge in [-0.05, 0) is 93.9 Å². The van der Waals surface area contributed by atoms with Crippen LogP contribution in [0.5, 0.6) is 0 Å². The molecule has 0 spiro atoms. The van der Waals surface area contributed by atoms with Gasteiger partial charge in [0, 0.05) is 38.2 Å². The Kier molecular flexibility index (Phi) is 8.08. The van der Waals surface area contributed by atoms with E-state index in [0.717, 1.165) is 61.6 Å². The van der Waals surface area contributed by atoms with Crippen LogP contribution in [0.25, 0.3) is 76.3 Å². The van der Waals surface area contributed by atoms with Crippen LogP contribution in [0.3, 0.4) is 0 Å². The third-order valence-corrected chi connectivity index (χ3v) is 12.3. The zero-order valence-electron chi connectivity index (χ0n) is 31.0. The Bertz CT molecular complexity index is 3080. The summed E-state index contributed by atoms with van der Waals surface area (Å²) in [6.07, 6.45) is 0.856. The second-order valence-electron chi connectivity index (χ2n) is 14.6. The van der Waals surface area contributed by atoms with Crippen molar-refractivity contribution in [1.82, 2.24) is 9.97 Å². The molecule has 0 radical (unpaired) electrons. The standard InChI is InChI=1S/C53H35N3S/c1-4-14-35(15-5-1)37-26-29-44(30-27-37)56(43-21-8-3-9-22-43)47-24-13-19-39-33-42-34-40(28-31-45(42)49(39)47)50-52-51(46-23-10-11-25-48(46)57-52)55-53(54-50)41-20-12-18-38(32-41)36-16-6-2-7-17-36/h1-32,34H,33H2. The lowest BCUT2D eigenvalue weighted by Crippen LogP contribution is -2.11. The molecule has 0 aliphatic heterocycles. The Morgan fingerprint density at radius 1 is 0.439 bits per heavy atom. The maximum Gasteiger partial charge on any atom is 0.160 e. The predicted octanol–water partition coefficient (Wildman–Crippen LogP) is 14.6. The van der Waals surface area contributed by atoms with Crippen LogP contribution in [0.1, 0.15) is 11.1 Å². The fourth-order valence-corrected chi connectivity index (χ4v) is 9.54. The van der Waals surface area contributed by atoms with Crippen LogP contribution in [0.2, 0.25) is 0 Å². The Morgan fingerprint density at radius 3 is 1.84 bits per heavy atom. The average Bonchev–Trinajstić information content (AvgIpc) is 3.86. The molecule has 0 N–H and O–H groups in total. The summed E-state index contributed by atoms with van der Waals surface area (Å²) in [6.45, 7) is 0. The molecule has 268 valence electrons. The van der Waals surface area contributed by atoms with Crippen LogP contribution in [0.15, 0.2) is 200 Å². The summed E-state index contributed by atoms with van der Waals surface area (Å²) < 4.78 is 2.33. The van der Waals surface area contributed by atoms with Crippen molar-refractivity contribution >= 4 is 48.7 Å². The lowest BCUT2D eigenvalue weighted by atomic mass is 9.99. The number of para-hydroxylation sites is 1. The van der Waals surface area contributed by atoms with E-state index in [1.807, 2.05) is 0 Å². The Balaban J connectivity index is 1.04. The quantitative estimate of drug-likeness (QED) is 0.163. The summed E-state index contributed by atoms with van der Waals surface area (Å²) >= 11 is 1.78. The summed E-state index contributed by atoms with van der Waals surface area (Å²) in [6, 6.07) is 71.6. The molecule has 57 heavy (non-hydrogen) atoms. The van der Waals surface area contributed by atoms with Gasteiger partial charge in [0.1, 0.15) is 0 Å². The molecule has 0 saturated heterocycles. The van der Waals surface area contributed by atoms with E-state index < -0.39 is 0 Å². The predicted molar refractivity (Wildman–Crippen MR) is 240 cm³/mol. The third kappa shape index (κ3) is 5.90. The normalized spacial score (nSPS) is 11.8. The summed E-state index contributed by atoms with van der Waals surface area (Å²) in [5.41, 5.74) is 17.4. The third-order valence-electron chi connectivity index (χ3n) is 11.1. The Morgan fingerprint density at radius 2 is 1.05 bits per heavy atom. The smallest absolute Gasteiger partial charge is 0.160 e. The summed E-state index contributed by atoms with van der Waals surface area (Å²) in [7, 11) is 0. The number of aromatic nitrogens is 2. The van der Waals surface area contributed by atoms with Gasteiger partial charge in [-0.15, -0.1) is 11.3 Å². The monoisotopic (exact) mass is 745 g/mol. The van der Waals surface area contributed by atoms with Crippen LogP contribution < -0.4 is 4.90 Å². The highest BCUT2D eigenvalue weighted by molar-refractivity contribution is 7.26. The number of hydrogen-bond donors (Lipinski definition) is 0. The fourth-order valence-electron chi connectivity index (χ4n) is 8.39. The lowest BCUT2D eigenvalue weighted by molar-refractivity contribution is 1.23. The molecule has 1 aliphatic carbocycles. The van der Waals surface area contributed by atoms with Crippen LogP contribution >= 0.6 is 11.3 Å². The fraction of sp³-hybridized carbons (Fsp3) is 0.0189. The number of thiophene rings is 1. The first-order chi connectivity index (χ1) is 28.2. The number of rotatable bonds is 7. The van der Waals surface area contributed by atoms with Gasteiger partial charge in [-0.25, -0.2) is 9.97 Å². The van der Waals surface area contributed by atoms with Crippen LogP contribution in [-0.4, -0.2) is 9.97 Å². The van der Waals surface area contributed by atoms with Gasteiger partial charge in [-0.3, -0.25) is 0 Å². The van der Waals surface area contributed by atoms with Gasteiger partial charge in [0.15, 0.2) is 5.82 Å². The van der Waals surface area contributed by atoms with Crippen molar-refractivity contribution < 1.29 is 0 Å². The average molecular weight is 746 g/mol. The minimum atomic E-state index is 0.738. The molecular weight excluding hydrogens is 711 g/mol. The maximum absolute atomic E-state index is 5.39. The molecule has 3 nitrogen and oxygen atoms in total. The van der Waals surface area contributed by atoms with Gasteiger partial charge < -0.3 is 4.90 Å². The first-order valence-corrected chi connectivity index (χ1v) is 20.2. The molecule has 0 fully saturated rings. The van der Waals surface area contributed by atoms with Gasteiger partial charge in [0.05, 0.1) is 21.6 Å². The topological polar surface area (TPSA) is 29.0 Å². The summed E-state index contributed by atoms with van der Waals surface area (Å²) in [5, 5.41) is 1.16. The van der Waals surface area contributed by atoms with Crippen molar-refractivity contribution in [3.63, 3.8) is 0 Å². The molecule has 8 aromatic carbocycles. The van der Waals surface area contributed by atoms with Gasteiger partial charge in [-0.2, -0.15) is 0 Å². The first kappa shape index (κ1) is 33.2. The van der Waals surface area contributed by atoms with E-state index in [0.29, 0.717) is 0 Å². The molecule has 10 aromatic rings. The van der Waals surface area contributed by atoms with E-state index in [1.165, 1.54) is 49.3 Å². The number of hydrogen-bond acceptors (Lipinski definition) is 4. The second kappa shape index (κ2) is 13.9. The van der Waals surface area contributed by atoms with Gasteiger partial charge >= 0.3 is 0 Å². The molecule has 1 aliphatic rings. The number of benzene rings is 8. The van der Waals surface area contributed by atoms with E-state index in [2.05, 4.69) is 205 Å². The van der Waals surface area contributed by atoms with E-state index in [1.54, 1.807) is 11.3 Å². The lowest BCUT2D eigenvalue weighted by Gasteiger charge is -2.28.